The SMILES string of the molecule is CC(C)(C)OC(=O)NCC(=O)[O-].[Cs+]. The van der Waals surface area contributed by atoms with Crippen LogP contribution in [0.1, 0.15) is 20.8 Å². The van der Waals surface area contributed by atoms with Crippen LogP contribution in [0, 0.1) is 0 Å². The van der Waals surface area contributed by atoms with Crippen molar-refractivity contribution in [2.24, 2.45) is 0 Å². The molecule has 0 unspecified atom stereocenters. The van der Waals surface area contributed by atoms with Crippen LogP contribution in [0.4, 0.5) is 4.79 Å². The normalized spacial score (nSPS) is 9.77. The molecule has 0 aromatic rings. The van der Waals surface area contributed by atoms with Gasteiger partial charge in [-0.05, 0) is 20.8 Å². The largest absolute Gasteiger partial charge is 1.00 e. The molecule has 0 fully saturated rings. The maximum atomic E-state index is 10.7. The van der Waals surface area contributed by atoms with Gasteiger partial charge in [0.25, 0.3) is 0 Å². The van der Waals surface area contributed by atoms with Crippen molar-refractivity contribution in [3.8, 4) is 0 Å². The number of alkyl carbamates (subject to hydrolysis) is 1. The fraction of sp³-hybridized carbons (Fsp3) is 0.714. The summed E-state index contributed by atoms with van der Waals surface area (Å²) in [6.45, 7) is 4.53. The Hall–Kier alpha value is 0.792. The molecule has 13 heavy (non-hydrogen) atoms. The van der Waals surface area contributed by atoms with E-state index in [9.17, 15) is 14.7 Å². The zero-order chi connectivity index (χ0) is 9.78. The third kappa shape index (κ3) is 12.8. The number of ether oxygens (including phenoxy) is 1. The molecule has 0 atom stereocenters. The Labute approximate surface area is 136 Å². The third-order valence-electron chi connectivity index (χ3n) is 0.776. The zero-order valence-corrected chi connectivity index (χ0v) is 14.6. The number of amides is 1. The minimum Gasteiger partial charge on any atom is -0.548 e. The quantitative estimate of drug-likeness (QED) is 0.569. The summed E-state index contributed by atoms with van der Waals surface area (Å²) in [4.78, 5) is 20.6. The molecular weight excluding hydrogens is 295 g/mol. The van der Waals surface area contributed by atoms with Crippen LogP contribution >= 0.6 is 0 Å². The van der Waals surface area contributed by atoms with Gasteiger partial charge in [-0.15, -0.1) is 0 Å². The van der Waals surface area contributed by atoms with Crippen LogP contribution in [0.25, 0.3) is 0 Å². The number of carboxylic acid groups (broad SMARTS) is 1. The monoisotopic (exact) mass is 307 g/mol. The summed E-state index contributed by atoms with van der Waals surface area (Å²) in [6, 6.07) is 0. The topological polar surface area (TPSA) is 78.5 Å². The number of hydrogen-bond donors (Lipinski definition) is 1. The zero-order valence-electron chi connectivity index (χ0n) is 8.34. The second-order valence-corrected chi connectivity index (χ2v) is 3.23. The van der Waals surface area contributed by atoms with Gasteiger partial charge < -0.3 is 20.0 Å². The molecule has 0 aliphatic rings. The first-order valence-corrected chi connectivity index (χ1v) is 3.48. The average molecular weight is 307 g/mol. The van der Waals surface area contributed by atoms with Crippen molar-refractivity contribution in [3.05, 3.63) is 0 Å². The van der Waals surface area contributed by atoms with E-state index in [-0.39, 0.29) is 68.9 Å². The predicted molar refractivity (Wildman–Crippen MR) is 39.2 cm³/mol. The van der Waals surface area contributed by atoms with Gasteiger partial charge in [0.15, 0.2) is 0 Å². The molecule has 1 N–H and O–H groups in total. The minimum absolute atomic E-state index is 0. The standard InChI is InChI=1S/C7H13NO4.Cs/c1-7(2,3)12-6(11)8-4-5(9)10;/h4H2,1-3H3,(H,8,11)(H,9,10);/q;+1/p-1. The van der Waals surface area contributed by atoms with Gasteiger partial charge in [0.1, 0.15) is 5.60 Å². The maximum Gasteiger partial charge on any atom is 1.00 e. The van der Waals surface area contributed by atoms with E-state index in [2.05, 4.69) is 0 Å². The van der Waals surface area contributed by atoms with E-state index in [0.717, 1.165) is 0 Å². The fourth-order valence-corrected chi connectivity index (χ4v) is 0.459. The van der Waals surface area contributed by atoms with Crippen LogP contribution in [0.2, 0.25) is 0 Å². The van der Waals surface area contributed by atoms with E-state index >= 15 is 0 Å². The van der Waals surface area contributed by atoms with Crippen molar-refractivity contribution >= 4 is 12.1 Å². The maximum absolute atomic E-state index is 10.7. The van der Waals surface area contributed by atoms with Gasteiger partial charge in [-0.25, -0.2) is 4.79 Å². The average Bonchev–Trinajstić information content (AvgIpc) is 1.79. The number of carbonyl (C=O) groups is 2. The molecule has 0 saturated carbocycles. The van der Waals surface area contributed by atoms with E-state index < -0.39 is 24.2 Å². The summed E-state index contributed by atoms with van der Waals surface area (Å²) in [5, 5.41) is 11.9. The van der Waals surface area contributed by atoms with Gasteiger partial charge in [-0.3, -0.25) is 0 Å². The van der Waals surface area contributed by atoms with Crippen LogP contribution in [0.15, 0.2) is 0 Å². The van der Waals surface area contributed by atoms with Gasteiger partial charge in [0.05, 0.1) is 12.5 Å². The van der Waals surface area contributed by atoms with Crippen molar-refractivity contribution in [2.45, 2.75) is 26.4 Å². The number of aliphatic carboxylic acids is 1. The molecule has 6 heteroatoms. The van der Waals surface area contributed by atoms with Gasteiger partial charge in [-0.1, -0.05) is 0 Å². The van der Waals surface area contributed by atoms with E-state index in [4.69, 9.17) is 4.74 Å². The summed E-state index contributed by atoms with van der Waals surface area (Å²) in [6.07, 6.45) is -0.758. The van der Waals surface area contributed by atoms with Gasteiger partial charge in [0.2, 0.25) is 0 Å². The Morgan fingerprint density at radius 1 is 1.38 bits per heavy atom. The molecule has 0 spiro atoms. The van der Waals surface area contributed by atoms with Crippen LogP contribution in [-0.2, 0) is 9.53 Å². The first kappa shape index (κ1) is 16.2. The second kappa shape index (κ2) is 7.13. The number of hydrogen-bond acceptors (Lipinski definition) is 4. The van der Waals surface area contributed by atoms with E-state index in [1.165, 1.54) is 0 Å². The van der Waals surface area contributed by atoms with E-state index in [1.54, 1.807) is 20.8 Å². The van der Waals surface area contributed by atoms with Crippen LogP contribution in [0.3, 0.4) is 0 Å². The Morgan fingerprint density at radius 2 is 1.85 bits per heavy atom. The first-order valence-electron chi connectivity index (χ1n) is 3.48. The summed E-state index contributed by atoms with van der Waals surface area (Å²) >= 11 is 0. The van der Waals surface area contributed by atoms with Crippen LogP contribution < -0.4 is 79.3 Å². The Balaban J connectivity index is 0. The van der Waals surface area contributed by atoms with Gasteiger partial charge in [-0.2, -0.15) is 0 Å². The van der Waals surface area contributed by atoms with Crippen molar-refractivity contribution in [1.29, 1.82) is 0 Å². The fourth-order valence-electron chi connectivity index (χ4n) is 0.459. The number of carbonyl (C=O) groups excluding carboxylic acids is 2. The molecule has 5 nitrogen and oxygen atoms in total. The Morgan fingerprint density at radius 3 is 2.15 bits per heavy atom. The van der Waals surface area contributed by atoms with Crippen molar-refractivity contribution in [3.63, 3.8) is 0 Å². The molecule has 0 heterocycles. The van der Waals surface area contributed by atoms with Crippen LogP contribution in [0.5, 0.6) is 0 Å². The second-order valence-electron chi connectivity index (χ2n) is 3.23. The summed E-state index contributed by atoms with van der Waals surface area (Å²) in [5.41, 5.74) is -0.615. The van der Waals surface area contributed by atoms with Gasteiger partial charge in [0, 0.05) is 0 Å². The van der Waals surface area contributed by atoms with Crippen LogP contribution in [-0.4, -0.2) is 24.2 Å². The Bertz CT molecular complexity index is 187. The molecule has 0 bridgehead atoms. The number of nitrogens with one attached hydrogen (secondary N) is 1. The number of rotatable bonds is 2. The summed E-state index contributed by atoms with van der Waals surface area (Å²) in [7, 11) is 0. The molecule has 0 aromatic heterocycles. The smallest absolute Gasteiger partial charge is 0.548 e. The third-order valence-corrected chi connectivity index (χ3v) is 0.776. The molecule has 0 saturated heterocycles. The molecule has 0 aliphatic carbocycles. The minimum atomic E-state index is -1.35. The molecule has 1 amide bonds. The van der Waals surface area contributed by atoms with E-state index in [0.29, 0.717) is 0 Å². The molecule has 0 radical (unpaired) electrons. The first-order chi connectivity index (χ1) is 5.31. The van der Waals surface area contributed by atoms with Crippen molar-refractivity contribution < 1.29 is 88.3 Å². The van der Waals surface area contributed by atoms with Crippen molar-refractivity contribution in [1.82, 2.24) is 5.32 Å². The molecular formula is C7H12CsNO4. The number of carboxylic acids is 1. The predicted octanol–water partition coefficient (Wildman–Crippen LogP) is -3.73. The van der Waals surface area contributed by atoms with E-state index in [1.807, 2.05) is 5.32 Å². The van der Waals surface area contributed by atoms with Crippen molar-refractivity contribution in [2.75, 3.05) is 6.54 Å². The summed E-state index contributed by atoms with van der Waals surface area (Å²) < 4.78 is 4.75. The molecule has 0 rings (SSSR count). The van der Waals surface area contributed by atoms with Gasteiger partial charge >= 0.3 is 75.0 Å². The Kier molecular flexibility index (Phi) is 8.90. The summed E-state index contributed by atoms with van der Waals surface area (Å²) in [5.74, 6) is -1.35. The molecule has 0 aromatic carbocycles. The molecule has 70 valence electrons. The molecule has 0 aliphatic heterocycles.